The van der Waals surface area contributed by atoms with Gasteiger partial charge in [0.05, 0.1) is 13.4 Å². The number of ether oxygens (including phenoxy) is 1. The van der Waals surface area contributed by atoms with Crippen LogP contribution in [0.15, 0.2) is 24.3 Å². The molecule has 0 radical (unpaired) electrons. The molecule has 1 aliphatic carbocycles. The van der Waals surface area contributed by atoms with E-state index in [1.54, 1.807) is 7.11 Å². The largest absolute Gasteiger partial charge is 0.496 e. The Morgan fingerprint density at radius 3 is 2.46 bits per heavy atom. The van der Waals surface area contributed by atoms with Gasteiger partial charge in [-0.15, -0.1) is 0 Å². The highest BCUT2D eigenvalue weighted by atomic mass is 32.2. The topological polar surface area (TPSA) is 75.7 Å². The molecule has 0 bridgehead atoms. The van der Waals surface area contributed by atoms with Crippen molar-refractivity contribution < 1.29 is 17.9 Å². The molecule has 0 aliphatic heterocycles. The van der Waals surface area contributed by atoms with E-state index in [1.807, 2.05) is 24.3 Å². The van der Waals surface area contributed by atoms with Crippen LogP contribution in [-0.4, -0.2) is 44.6 Å². The molecule has 1 aliphatic rings. The third-order valence-corrected chi connectivity index (χ3v) is 6.22. The second-order valence-corrected chi connectivity index (χ2v) is 8.79. The van der Waals surface area contributed by atoms with Gasteiger partial charge >= 0.3 is 0 Å². The van der Waals surface area contributed by atoms with Gasteiger partial charge in [0.15, 0.2) is 0 Å². The van der Waals surface area contributed by atoms with Crippen LogP contribution < -0.4 is 10.1 Å². The maximum absolute atomic E-state index is 12.2. The fraction of sp³-hybridized carbons (Fsp3) is 0.632. The minimum absolute atomic E-state index is 0.0227. The van der Waals surface area contributed by atoms with Crippen molar-refractivity contribution in [3.63, 3.8) is 0 Å². The summed E-state index contributed by atoms with van der Waals surface area (Å²) in [6.45, 7) is 0.604. The maximum atomic E-state index is 12.2. The SMILES string of the molecule is COc1ccccc1CNC(=O)CCN(C1CCCCCC1)S(C)(=O)=O. The zero-order valence-electron chi connectivity index (χ0n) is 15.7. The molecule has 0 heterocycles. The molecule has 0 aromatic heterocycles. The van der Waals surface area contributed by atoms with Gasteiger partial charge < -0.3 is 10.1 Å². The lowest BCUT2D eigenvalue weighted by Gasteiger charge is -2.28. The highest BCUT2D eigenvalue weighted by Gasteiger charge is 2.27. The van der Waals surface area contributed by atoms with Crippen LogP contribution in [-0.2, 0) is 21.4 Å². The number of hydrogen-bond acceptors (Lipinski definition) is 4. The Hall–Kier alpha value is -1.60. The second-order valence-electron chi connectivity index (χ2n) is 6.86. The molecule has 2 rings (SSSR count). The first-order valence-corrected chi connectivity index (χ1v) is 11.1. The Kier molecular flexibility index (Phi) is 7.90. The van der Waals surface area contributed by atoms with Gasteiger partial charge in [0.2, 0.25) is 15.9 Å². The van der Waals surface area contributed by atoms with Gasteiger partial charge in [-0.25, -0.2) is 8.42 Å². The number of benzene rings is 1. The molecule has 7 heteroatoms. The number of hydrogen-bond donors (Lipinski definition) is 1. The van der Waals surface area contributed by atoms with E-state index in [9.17, 15) is 13.2 Å². The lowest BCUT2D eigenvalue weighted by molar-refractivity contribution is -0.121. The third kappa shape index (κ3) is 6.29. The minimum atomic E-state index is -3.32. The van der Waals surface area contributed by atoms with E-state index >= 15 is 0 Å². The molecule has 0 spiro atoms. The summed E-state index contributed by atoms with van der Waals surface area (Å²) < 4.78 is 31.2. The first-order chi connectivity index (χ1) is 12.4. The smallest absolute Gasteiger partial charge is 0.221 e. The number of nitrogens with one attached hydrogen (secondary N) is 1. The maximum Gasteiger partial charge on any atom is 0.221 e. The van der Waals surface area contributed by atoms with E-state index in [0.29, 0.717) is 6.54 Å². The molecule has 26 heavy (non-hydrogen) atoms. The quantitative estimate of drug-likeness (QED) is 0.702. The third-order valence-electron chi connectivity index (χ3n) is 4.89. The molecule has 1 fully saturated rings. The van der Waals surface area contributed by atoms with Crippen LogP contribution in [0, 0.1) is 0 Å². The number of sulfonamides is 1. The van der Waals surface area contributed by atoms with Gasteiger partial charge in [-0.3, -0.25) is 4.79 Å². The average molecular weight is 383 g/mol. The van der Waals surface area contributed by atoms with Crippen molar-refractivity contribution in [3.05, 3.63) is 29.8 Å². The van der Waals surface area contributed by atoms with Gasteiger partial charge in [0.25, 0.3) is 0 Å². The standard InChI is InChI=1S/C19H30N2O4S/c1-25-18-12-8-7-9-16(18)15-20-19(22)13-14-21(26(2,23)24)17-10-5-3-4-6-11-17/h7-9,12,17H,3-6,10-11,13-15H2,1-2H3,(H,20,22). The van der Waals surface area contributed by atoms with Crippen molar-refractivity contribution in [1.82, 2.24) is 9.62 Å². The molecule has 0 saturated heterocycles. The van der Waals surface area contributed by atoms with Crippen LogP contribution in [0.3, 0.4) is 0 Å². The van der Waals surface area contributed by atoms with E-state index in [0.717, 1.165) is 49.8 Å². The van der Waals surface area contributed by atoms with Gasteiger partial charge in [0, 0.05) is 31.1 Å². The molecule has 6 nitrogen and oxygen atoms in total. The van der Waals surface area contributed by atoms with E-state index in [1.165, 1.54) is 10.6 Å². The zero-order chi connectivity index (χ0) is 19.0. The van der Waals surface area contributed by atoms with Crippen LogP contribution in [0.4, 0.5) is 0 Å². The van der Waals surface area contributed by atoms with E-state index in [-0.39, 0.29) is 24.9 Å². The van der Waals surface area contributed by atoms with Crippen molar-refractivity contribution >= 4 is 15.9 Å². The zero-order valence-corrected chi connectivity index (χ0v) is 16.6. The number of para-hydroxylation sites is 1. The number of methoxy groups -OCH3 is 1. The molecular weight excluding hydrogens is 352 g/mol. The Bertz CT molecular complexity index is 683. The minimum Gasteiger partial charge on any atom is -0.496 e. The average Bonchev–Trinajstić information content (AvgIpc) is 2.88. The number of carbonyl (C=O) groups excluding carboxylic acids is 1. The highest BCUT2D eigenvalue weighted by Crippen LogP contribution is 2.24. The summed E-state index contributed by atoms with van der Waals surface area (Å²) in [6.07, 6.45) is 7.60. The summed E-state index contributed by atoms with van der Waals surface area (Å²) in [7, 11) is -1.73. The van der Waals surface area contributed by atoms with Crippen LogP contribution in [0.25, 0.3) is 0 Å². The summed E-state index contributed by atoms with van der Waals surface area (Å²) in [6, 6.07) is 7.53. The summed E-state index contributed by atoms with van der Waals surface area (Å²) in [5, 5.41) is 2.86. The van der Waals surface area contributed by atoms with Crippen molar-refractivity contribution in [1.29, 1.82) is 0 Å². The molecule has 1 saturated carbocycles. The van der Waals surface area contributed by atoms with Gasteiger partial charge in [0.1, 0.15) is 5.75 Å². The molecule has 146 valence electrons. The van der Waals surface area contributed by atoms with Crippen molar-refractivity contribution in [2.75, 3.05) is 19.9 Å². The van der Waals surface area contributed by atoms with Crippen LogP contribution in [0.5, 0.6) is 5.75 Å². The predicted molar refractivity (Wildman–Crippen MR) is 102 cm³/mol. The van der Waals surface area contributed by atoms with E-state index in [2.05, 4.69) is 5.32 Å². The van der Waals surface area contributed by atoms with Gasteiger partial charge in [-0.2, -0.15) is 4.31 Å². The predicted octanol–water partition coefficient (Wildman–Crippen LogP) is 2.69. The van der Waals surface area contributed by atoms with Crippen molar-refractivity contribution in [3.8, 4) is 5.75 Å². The lowest BCUT2D eigenvalue weighted by Crippen LogP contribution is -2.41. The number of rotatable bonds is 8. The summed E-state index contributed by atoms with van der Waals surface area (Å²) >= 11 is 0. The van der Waals surface area contributed by atoms with Gasteiger partial charge in [-0.05, 0) is 18.9 Å². The highest BCUT2D eigenvalue weighted by molar-refractivity contribution is 7.88. The van der Waals surface area contributed by atoms with Crippen molar-refractivity contribution in [2.24, 2.45) is 0 Å². The Balaban J connectivity index is 1.90. The fourth-order valence-electron chi connectivity index (χ4n) is 3.51. The fourth-order valence-corrected chi connectivity index (χ4v) is 4.68. The monoisotopic (exact) mass is 382 g/mol. The molecule has 1 amide bonds. The summed E-state index contributed by atoms with van der Waals surface area (Å²) in [5.74, 6) is 0.571. The van der Waals surface area contributed by atoms with E-state index < -0.39 is 10.0 Å². The normalized spacial score (nSPS) is 16.3. The number of amides is 1. The first kappa shape index (κ1) is 20.7. The van der Waals surface area contributed by atoms with Crippen molar-refractivity contribution in [2.45, 2.75) is 57.5 Å². The Morgan fingerprint density at radius 1 is 1.19 bits per heavy atom. The molecule has 1 aromatic carbocycles. The molecule has 0 atom stereocenters. The molecule has 1 N–H and O–H groups in total. The summed E-state index contributed by atoms with van der Waals surface area (Å²) in [5.41, 5.74) is 0.895. The Morgan fingerprint density at radius 2 is 1.85 bits per heavy atom. The molecule has 1 aromatic rings. The molecular formula is C19H30N2O4S. The number of carbonyl (C=O) groups is 1. The summed E-state index contributed by atoms with van der Waals surface area (Å²) in [4.78, 5) is 12.2. The number of nitrogens with zero attached hydrogens (tertiary/aromatic N) is 1. The van der Waals surface area contributed by atoms with Crippen LogP contribution in [0.1, 0.15) is 50.5 Å². The van der Waals surface area contributed by atoms with Crippen LogP contribution in [0.2, 0.25) is 0 Å². The molecule has 0 unspecified atom stereocenters. The van der Waals surface area contributed by atoms with Gasteiger partial charge in [-0.1, -0.05) is 43.9 Å². The van der Waals surface area contributed by atoms with E-state index in [4.69, 9.17) is 4.74 Å². The van der Waals surface area contributed by atoms with Crippen LogP contribution >= 0.6 is 0 Å². The lowest BCUT2D eigenvalue weighted by atomic mass is 10.1. The first-order valence-electron chi connectivity index (χ1n) is 9.27. The second kappa shape index (κ2) is 9.92. The Labute approximate surface area is 157 Å².